The van der Waals surface area contributed by atoms with Gasteiger partial charge in [0.25, 0.3) is 0 Å². The van der Waals surface area contributed by atoms with Gasteiger partial charge in [-0.25, -0.2) is 9.18 Å². The molecule has 1 aromatic carbocycles. The lowest BCUT2D eigenvalue weighted by Gasteiger charge is -2.21. The van der Waals surface area contributed by atoms with E-state index in [1.54, 1.807) is 37.1 Å². The van der Waals surface area contributed by atoms with Crippen LogP contribution in [-0.4, -0.2) is 42.2 Å². The summed E-state index contributed by atoms with van der Waals surface area (Å²) in [4.78, 5) is 26.9. The highest BCUT2D eigenvalue weighted by atomic mass is 32.1. The molecule has 11 heteroatoms. The molecule has 0 spiro atoms. The van der Waals surface area contributed by atoms with Crippen molar-refractivity contribution in [2.24, 2.45) is 0 Å². The van der Waals surface area contributed by atoms with Crippen LogP contribution in [0.1, 0.15) is 11.8 Å². The molecule has 1 amide bonds. The molecule has 1 fully saturated rings. The van der Waals surface area contributed by atoms with Crippen LogP contribution in [-0.2, 0) is 11.3 Å². The Labute approximate surface area is 176 Å². The first-order chi connectivity index (χ1) is 13.7. The van der Waals surface area contributed by atoms with E-state index in [9.17, 15) is 19.3 Å². The highest BCUT2D eigenvalue weighted by molar-refractivity contribution is 7.80. The van der Waals surface area contributed by atoms with Crippen LogP contribution < -0.4 is 15.1 Å². The summed E-state index contributed by atoms with van der Waals surface area (Å²) in [6, 6.07) is 7.59. The van der Waals surface area contributed by atoms with Crippen LogP contribution in [0.3, 0.4) is 0 Å². The van der Waals surface area contributed by atoms with Crippen LogP contribution in [0, 0.1) is 15.9 Å². The maximum absolute atomic E-state index is 14.7. The number of nitro groups is 1. The fraction of sp³-hybridized carbons (Fsp3) is 0.333. The van der Waals surface area contributed by atoms with Gasteiger partial charge in [-0.05, 0) is 31.2 Å². The molecular formula is C18H19FN4O4S2. The number of nitrogens with zero attached hydrogens (tertiary/aromatic N) is 3. The molecule has 1 aromatic heterocycles. The van der Waals surface area contributed by atoms with Gasteiger partial charge < -0.3 is 15.0 Å². The normalized spacial score (nSPS) is 15.9. The molecule has 1 aliphatic heterocycles. The topological polar surface area (TPSA) is 88.0 Å². The summed E-state index contributed by atoms with van der Waals surface area (Å²) in [6.45, 7) is 2.75. The molecule has 0 saturated carbocycles. The second-order valence-electron chi connectivity index (χ2n) is 6.54. The maximum Gasteiger partial charge on any atom is 0.414 e. The van der Waals surface area contributed by atoms with Crippen molar-refractivity contribution < 1.29 is 18.8 Å². The van der Waals surface area contributed by atoms with Gasteiger partial charge in [-0.3, -0.25) is 15.0 Å². The van der Waals surface area contributed by atoms with Crippen LogP contribution in [0.15, 0.2) is 30.3 Å². The van der Waals surface area contributed by atoms with Crippen molar-refractivity contribution in [2.75, 3.05) is 29.9 Å². The van der Waals surface area contributed by atoms with Gasteiger partial charge in [0.15, 0.2) is 0 Å². The smallest absolute Gasteiger partial charge is 0.414 e. The van der Waals surface area contributed by atoms with Crippen molar-refractivity contribution in [3.05, 3.63) is 51.1 Å². The number of thiophene rings is 1. The Hall–Kier alpha value is -2.79. The summed E-state index contributed by atoms with van der Waals surface area (Å²) >= 11 is 6.00. The zero-order valence-corrected chi connectivity index (χ0v) is 17.4. The monoisotopic (exact) mass is 438 g/mol. The number of anilines is 2. The molecule has 0 unspecified atom stereocenters. The number of rotatable bonds is 7. The van der Waals surface area contributed by atoms with E-state index in [1.807, 2.05) is 0 Å². The number of carbonyl (C=O) groups excluding carboxylic acids is 1. The zero-order valence-electron chi connectivity index (χ0n) is 15.8. The van der Waals surface area contributed by atoms with E-state index in [2.05, 4.69) is 5.32 Å². The number of carbonyl (C=O) groups is 1. The Morgan fingerprint density at radius 2 is 2.24 bits per heavy atom. The standard InChI is InChI=1S/C18H19FN4O4S2/c1-11(28)20-8-13-9-22(18(24)27-13)12-3-5-16(15(19)7-12)21(2)10-14-4-6-17(29-14)23(25)26/h3-7,13H,8-10H2,1-2H3,(H,20,28)/t13-/m0/s1. The van der Waals surface area contributed by atoms with Gasteiger partial charge >= 0.3 is 11.1 Å². The second kappa shape index (κ2) is 8.70. The summed E-state index contributed by atoms with van der Waals surface area (Å²) in [6.07, 6.45) is -0.911. The summed E-state index contributed by atoms with van der Waals surface area (Å²) in [5.41, 5.74) is 0.727. The van der Waals surface area contributed by atoms with Gasteiger partial charge in [0, 0.05) is 18.0 Å². The van der Waals surface area contributed by atoms with Gasteiger partial charge in [-0.2, -0.15) is 0 Å². The lowest BCUT2D eigenvalue weighted by molar-refractivity contribution is -0.380. The van der Waals surface area contributed by atoms with Crippen LogP contribution in [0.25, 0.3) is 0 Å². The van der Waals surface area contributed by atoms with Gasteiger partial charge in [0.1, 0.15) is 11.9 Å². The number of halogens is 1. The minimum absolute atomic E-state index is 0.0460. The predicted molar refractivity (Wildman–Crippen MR) is 113 cm³/mol. The van der Waals surface area contributed by atoms with Gasteiger partial charge in [0.2, 0.25) is 0 Å². The lowest BCUT2D eigenvalue weighted by atomic mass is 10.2. The molecule has 0 aliphatic carbocycles. The Bertz CT molecular complexity index is 952. The summed E-state index contributed by atoms with van der Waals surface area (Å²) in [5.74, 6) is -0.500. The number of benzene rings is 1. The van der Waals surface area contributed by atoms with Gasteiger partial charge in [-0.1, -0.05) is 23.6 Å². The number of thiocarbonyl (C=S) groups is 1. The van der Waals surface area contributed by atoms with Crippen LogP contribution >= 0.6 is 23.6 Å². The zero-order chi connectivity index (χ0) is 21.1. The Morgan fingerprint density at radius 1 is 1.48 bits per heavy atom. The van der Waals surface area contributed by atoms with Gasteiger partial charge in [-0.15, -0.1) is 0 Å². The van der Waals surface area contributed by atoms with E-state index >= 15 is 0 Å². The Balaban J connectivity index is 1.68. The third-order valence-electron chi connectivity index (χ3n) is 4.33. The van der Waals surface area contributed by atoms with E-state index in [1.165, 1.54) is 17.0 Å². The van der Waals surface area contributed by atoms with E-state index in [-0.39, 0.29) is 11.1 Å². The number of hydrogen-bond acceptors (Lipinski definition) is 7. The molecule has 8 nitrogen and oxygen atoms in total. The SMILES string of the molecule is CC(=S)NC[C@H]1CN(c2ccc(N(C)Cc3ccc([N+](=O)[O-])s3)c(F)c2)C(=O)O1. The second-order valence-corrected chi connectivity index (χ2v) is 8.30. The van der Waals surface area contributed by atoms with Crippen molar-refractivity contribution in [2.45, 2.75) is 19.6 Å². The molecule has 1 N–H and O–H groups in total. The van der Waals surface area contributed by atoms with Crippen molar-refractivity contribution >= 4 is 51.0 Å². The van der Waals surface area contributed by atoms with E-state index in [0.717, 1.165) is 16.2 Å². The highest BCUT2D eigenvalue weighted by Gasteiger charge is 2.32. The summed E-state index contributed by atoms with van der Waals surface area (Å²) in [7, 11) is 1.70. The first-order valence-corrected chi connectivity index (χ1v) is 9.93. The van der Waals surface area contributed by atoms with Crippen LogP contribution in [0.4, 0.5) is 25.6 Å². The fourth-order valence-electron chi connectivity index (χ4n) is 2.94. The average molecular weight is 439 g/mol. The Morgan fingerprint density at radius 3 is 2.86 bits per heavy atom. The van der Waals surface area contributed by atoms with Crippen molar-refractivity contribution in [3.63, 3.8) is 0 Å². The number of nitrogens with one attached hydrogen (secondary N) is 1. The van der Waals surface area contributed by atoms with E-state index < -0.39 is 16.8 Å². The molecule has 1 aliphatic rings. The highest BCUT2D eigenvalue weighted by Crippen LogP contribution is 2.30. The molecule has 1 saturated heterocycles. The number of cyclic esters (lactones) is 1. The average Bonchev–Trinajstić information content (AvgIpc) is 3.26. The molecule has 2 heterocycles. The first-order valence-electron chi connectivity index (χ1n) is 8.71. The third-order valence-corrected chi connectivity index (χ3v) is 5.49. The van der Waals surface area contributed by atoms with Crippen molar-refractivity contribution in [1.82, 2.24) is 5.32 Å². The molecule has 0 bridgehead atoms. The predicted octanol–water partition coefficient (Wildman–Crippen LogP) is 3.69. The van der Waals surface area contributed by atoms with Gasteiger partial charge in [0.05, 0.1) is 40.9 Å². The van der Waals surface area contributed by atoms with Crippen molar-refractivity contribution in [3.8, 4) is 0 Å². The number of amides is 1. The molecule has 1 atom stereocenters. The minimum atomic E-state index is -0.537. The van der Waals surface area contributed by atoms with E-state index in [0.29, 0.717) is 36.0 Å². The van der Waals surface area contributed by atoms with Crippen molar-refractivity contribution in [1.29, 1.82) is 0 Å². The minimum Gasteiger partial charge on any atom is -0.442 e. The maximum atomic E-state index is 14.7. The molecule has 29 heavy (non-hydrogen) atoms. The quantitative estimate of drug-likeness (QED) is 0.401. The largest absolute Gasteiger partial charge is 0.442 e. The van der Waals surface area contributed by atoms with E-state index in [4.69, 9.17) is 17.0 Å². The third kappa shape index (κ3) is 4.98. The number of ether oxygens (including phenoxy) is 1. The van der Waals surface area contributed by atoms with Crippen LogP contribution in [0.2, 0.25) is 0 Å². The van der Waals surface area contributed by atoms with Crippen LogP contribution in [0.5, 0.6) is 0 Å². The molecule has 3 rings (SSSR count). The first kappa shape index (κ1) is 20.9. The Kier molecular flexibility index (Phi) is 6.28. The fourth-order valence-corrected chi connectivity index (χ4v) is 3.89. The molecular weight excluding hydrogens is 419 g/mol. The summed E-state index contributed by atoms with van der Waals surface area (Å²) in [5, 5.41) is 13.8. The lowest BCUT2D eigenvalue weighted by Crippen LogP contribution is -2.32. The molecule has 154 valence electrons. The molecule has 0 radical (unpaired) electrons. The number of hydrogen-bond donors (Lipinski definition) is 1. The summed E-state index contributed by atoms with van der Waals surface area (Å²) < 4.78 is 20.0. The molecule has 2 aromatic rings.